The monoisotopic (exact) mass is 469 g/mol. The summed E-state index contributed by atoms with van der Waals surface area (Å²) >= 11 is 0. The molecule has 2 atom stereocenters. The Balaban J connectivity index is 1.11. The van der Waals surface area contributed by atoms with Gasteiger partial charge in [0.25, 0.3) is 0 Å². The van der Waals surface area contributed by atoms with Crippen molar-refractivity contribution in [3.63, 3.8) is 0 Å². The van der Waals surface area contributed by atoms with E-state index in [1.54, 1.807) is 0 Å². The van der Waals surface area contributed by atoms with Crippen LogP contribution in [0.4, 0.5) is 0 Å². The van der Waals surface area contributed by atoms with E-state index in [4.69, 9.17) is 9.47 Å². The fourth-order valence-electron chi connectivity index (χ4n) is 4.60. The van der Waals surface area contributed by atoms with E-state index < -0.39 is 6.10 Å². The maximum Gasteiger partial charge on any atom is 0.213 e. The van der Waals surface area contributed by atoms with Gasteiger partial charge in [0.05, 0.1) is 11.6 Å². The van der Waals surface area contributed by atoms with Gasteiger partial charge in [-0.3, -0.25) is 4.98 Å². The van der Waals surface area contributed by atoms with Crippen LogP contribution in [0.3, 0.4) is 0 Å². The number of piperidine rings is 1. The first-order valence-electron chi connectivity index (χ1n) is 12.2. The Kier molecular flexibility index (Phi) is 7.63. The summed E-state index contributed by atoms with van der Waals surface area (Å²) in [5.41, 5.74) is 3.15. The van der Waals surface area contributed by atoms with Crippen molar-refractivity contribution >= 4 is 10.9 Å². The largest absolute Gasteiger partial charge is 0.475 e. The van der Waals surface area contributed by atoms with Crippen molar-refractivity contribution in [2.45, 2.75) is 31.2 Å². The third-order valence-electron chi connectivity index (χ3n) is 6.44. The summed E-state index contributed by atoms with van der Waals surface area (Å²) in [4.78, 5) is 11.0. The standard InChI is InChI=1S/C29H31N3O3/c33-25(21-34-28-11-10-22-6-4-5-9-27(22)31-28)20-32-18-14-26(15-19-32)35-29(23-7-2-1-3-8-23)24-12-16-30-17-13-24/h1-13,16-17,25-26,29,33H,14-15,18-21H2. The number of aliphatic hydroxyl groups is 1. The number of hydrogen-bond acceptors (Lipinski definition) is 6. The summed E-state index contributed by atoms with van der Waals surface area (Å²) in [6.45, 7) is 2.56. The van der Waals surface area contributed by atoms with E-state index >= 15 is 0 Å². The predicted octanol–water partition coefficient (Wildman–Crippen LogP) is 4.64. The zero-order valence-electron chi connectivity index (χ0n) is 19.7. The second kappa shape index (κ2) is 11.4. The molecular weight excluding hydrogens is 438 g/mol. The molecule has 3 heterocycles. The molecule has 0 bridgehead atoms. The van der Waals surface area contributed by atoms with Crippen molar-refractivity contribution in [3.8, 4) is 5.88 Å². The van der Waals surface area contributed by atoms with Crippen LogP contribution in [0.2, 0.25) is 0 Å². The minimum absolute atomic E-state index is 0.107. The number of hydrogen-bond donors (Lipinski definition) is 1. The van der Waals surface area contributed by atoms with Crippen LogP contribution in [0.1, 0.15) is 30.1 Å². The summed E-state index contributed by atoms with van der Waals surface area (Å²) in [5, 5.41) is 11.6. The highest BCUT2D eigenvalue weighted by atomic mass is 16.5. The highest BCUT2D eigenvalue weighted by Crippen LogP contribution is 2.29. The number of nitrogens with zero attached hydrogens (tertiary/aromatic N) is 3. The molecule has 0 aliphatic carbocycles. The van der Waals surface area contributed by atoms with Gasteiger partial charge in [-0.2, -0.15) is 0 Å². The Bertz CT molecular complexity index is 1160. The fourth-order valence-corrected chi connectivity index (χ4v) is 4.60. The number of benzene rings is 2. The lowest BCUT2D eigenvalue weighted by Crippen LogP contribution is -2.42. The van der Waals surface area contributed by atoms with Crippen molar-refractivity contribution in [1.82, 2.24) is 14.9 Å². The van der Waals surface area contributed by atoms with Gasteiger partial charge in [0.2, 0.25) is 5.88 Å². The fraction of sp³-hybridized carbons (Fsp3) is 0.310. The number of β-amino-alcohol motifs (C(OH)–C–C–N with tert-alkyl or cyclic N) is 1. The number of rotatable bonds is 9. The van der Waals surface area contributed by atoms with Gasteiger partial charge in [0.1, 0.15) is 18.8 Å². The van der Waals surface area contributed by atoms with Crippen molar-refractivity contribution in [1.29, 1.82) is 0 Å². The Morgan fingerprint density at radius 3 is 2.37 bits per heavy atom. The number of aliphatic hydroxyl groups excluding tert-OH is 1. The van der Waals surface area contributed by atoms with Gasteiger partial charge in [-0.25, -0.2) is 4.98 Å². The second-order valence-corrected chi connectivity index (χ2v) is 9.01. The van der Waals surface area contributed by atoms with Gasteiger partial charge in [-0.05, 0) is 48.2 Å². The van der Waals surface area contributed by atoms with Gasteiger partial charge in [0.15, 0.2) is 0 Å². The van der Waals surface area contributed by atoms with E-state index in [9.17, 15) is 5.11 Å². The molecule has 0 radical (unpaired) electrons. The molecule has 1 N–H and O–H groups in total. The van der Waals surface area contributed by atoms with Crippen molar-refractivity contribution in [2.75, 3.05) is 26.2 Å². The minimum atomic E-state index is -0.574. The van der Waals surface area contributed by atoms with Crippen LogP contribution in [-0.2, 0) is 4.74 Å². The molecule has 1 fully saturated rings. The third-order valence-corrected chi connectivity index (χ3v) is 6.44. The number of likely N-dealkylation sites (tertiary alicyclic amines) is 1. The highest BCUT2D eigenvalue weighted by Gasteiger charge is 2.25. The lowest BCUT2D eigenvalue weighted by Gasteiger charge is -2.35. The highest BCUT2D eigenvalue weighted by molar-refractivity contribution is 5.78. The minimum Gasteiger partial charge on any atom is -0.475 e. The maximum atomic E-state index is 10.6. The molecule has 5 rings (SSSR count). The van der Waals surface area contributed by atoms with E-state index in [1.165, 1.54) is 0 Å². The molecule has 4 aromatic rings. The molecule has 0 amide bonds. The first-order chi connectivity index (χ1) is 17.2. The Labute approximate surface area is 206 Å². The van der Waals surface area contributed by atoms with Crippen LogP contribution in [0, 0.1) is 0 Å². The van der Waals surface area contributed by atoms with Gasteiger partial charge in [-0.1, -0.05) is 48.5 Å². The van der Waals surface area contributed by atoms with Crippen LogP contribution in [-0.4, -0.2) is 58.4 Å². The average Bonchev–Trinajstić information content (AvgIpc) is 2.92. The lowest BCUT2D eigenvalue weighted by molar-refractivity contribution is -0.0347. The molecular formula is C29H31N3O3. The van der Waals surface area contributed by atoms with Crippen molar-refractivity contribution < 1.29 is 14.6 Å². The van der Waals surface area contributed by atoms with Gasteiger partial charge in [0, 0.05) is 43.5 Å². The van der Waals surface area contributed by atoms with Gasteiger partial charge in [-0.15, -0.1) is 0 Å². The molecule has 0 saturated carbocycles. The Morgan fingerprint density at radius 1 is 0.857 bits per heavy atom. The number of para-hydroxylation sites is 1. The van der Waals surface area contributed by atoms with E-state index in [1.807, 2.05) is 79.1 Å². The first kappa shape index (κ1) is 23.4. The van der Waals surface area contributed by atoms with Crippen molar-refractivity contribution in [2.24, 2.45) is 0 Å². The Morgan fingerprint density at radius 2 is 1.57 bits per heavy atom. The molecule has 1 aliphatic rings. The summed E-state index contributed by atoms with van der Waals surface area (Å²) in [7, 11) is 0. The maximum absolute atomic E-state index is 10.6. The van der Waals surface area contributed by atoms with E-state index in [0.717, 1.165) is 48.0 Å². The predicted molar refractivity (Wildman–Crippen MR) is 136 cm³/mol. The number of aromatic nitrogens is 2. The van der Waals surface area contributed by atoms with E-state index in [-0.39, 0.29) is 18.8 Å². The topological polar surface area (TPSA) is 67.7 Å². The van der Waals surface area contributed by atoms with Crippen LogP contribution in [0.15, 0.2) is 91.3 Å². The molecule has 1 saturated heterocycles. The molecule has 6 heteroatoms. The lowest BCUT2D eigenvalue weighted by atomic mass is 10.0. The summed E-state index contributed by atoms with van der Waals surface area (Å²) < 4.78 is 12.4. The van der Waals surface area contributed by atoms with Crippen LogP contribution in [0.5, 0.6) is 5.88 Å². The van der Waals surface area contributed by atoms with E-state index in [2.05, 4.69) is 27.0 Å². The summed E-state index contributed by atoms with van der Waals surface area (Å²) in [5.74, 6) is 0.540. The average molecular weight is 470 g/mol. The molecule has 6 nitrogen and oxygen atoms in total. The van der Waals surface area contributed by atoms with Gasteiger partial charge < -0.3 is 19.5 Å². The number of fused-ring (bicyclic) bond motifs is 1. The van der Waals surface area contributed by atoms with Crippen molar-refractivity contribution in [3.05, 3.63) is 102 Å². The smallest absolute Gasteiger partial charge is 0.213 e. The van der Waals surface area contributed by atoms with Crippen LogP contribution < -0.4 is 4.74 Å². The number of pyridine rings is 2. The molecule has 2 aromatic heterocycles. The second-order valence-electron chi connectivity index (χ2n) is 9.01. The summed E-state index contributed by atoms with van der Waals surface area (Å²) in [6.07, 6.45) is 4.96. The SMILES string of the molecule is OC(COc1ccc2ccccc2n1)CN1CCC(OC(c2ccccc2)c2ccncc2)CC1. The van der Waals surface area contributed by atoms with Crippen LogP contribution >= 0.6 is 0 Å². The number of ether oxygens (including phenoxy) is 2. The molecule has 2 unspecified atom stereocenters. The molecule has 2 aromatic carbocycles. The normalized spacial score (nSPS) is 16.7. The molecule has 0 spiro atoms. The summed E-state index contributed by atoms with van der Waals surface area (Å²) in [6, 6.07) is 26.2. The van der Waals surface area contributed by atoms with Crippen LogP contribution in [0.25, 0.3) is 10.9 Å². The van der Waals surface area contributed by atoms with E-state index in [0.29, 0.717) is 12.4 Å². The zero-order chi connectivity index (χ0) is 23.9. The first-order valence-corrected chi connectivity index (χ1v) is 12.2. The van der Waals surface area contributed by atoms with Gasteiger partial charge >= 0.3 is 0 Å². The molecule has 1 aliphatic heterocycles. The third kappa shape index (κ3) is 6.22. The Hall–Kier alpha value is -3.32. The zero-order valence-corrected chi connectivity index (χ0v) is 19.7. The molecule has 180 valence electrons. The quantitative estimate of drug-likeness (QED) is 0.385. The molecule has 35 heavy (non-hydrogen) atoms.